The first kappa shape index (κ1) is 16.9. The van der Waals surface area contributed by atoms with Crippen molar-refractivity contribution in [1.82, 2.24) is 15.5 Å². The van der Waals surface area contributed by atoms with Gasteiger partial charge in [-0.2, -0.15) is 10.4 Å². The van der Waals surface area contributed by atoms with Crippen molar-refractivity contribution in [2.45, 2.75) is 12.5 Å². The van der Waals surface area contributed by atoms with Crippen LogP contribution in [0, 0.1) is 11.3 Å². The number of nitriles is 1. The first-order valence-electron chi connectivity index (χ1n) is 7.71. The molecular formula is C19H15BrN4O. The molecule has 124 valence electrons. The zero-order valence-corrected chi connectivity index (χ0v) is 14.8. The van der Waals surface area contributed by atoms with Gasteiger partial charge in [0.05, 0.1) is 11.8 Å². The fourth-order valence-electron chi connectivity index (χ4n) is 2.42. The number of rotatable bonds is 5. The number of carbonyl (C=O) groups excluding carboxylic acids is 1. The van der Waals surface area contributed by atoms with E-state index in [1.165, 1.54) is 0 Å². The molecule has 0 saturated carbocycles. The Morgan fingerprint density at radius 1 is 1.20 bits per heavy atom. The van der Waals surface area contributed by atoms with Crippen LogP contribution in [0.2, 0.25) is 0 Å². The SMILES string of the molecule is N#CC(Cc1ccccc1)NC(=O)c1cc(-c2ccc(Br)cc2)n[nH]1. The number of H-pyrrole nitrogens is 1. The van der Waals surface area contributed by atoms with E-state index in [1.807, 2.05) is 54.6 Å². The Balaban J connectivity index is 1.68. The second-order valence-electron chi connectivity index (χ2n) is 5.52. The Labute approximate surface area is 153 Å². The molecule has 3 aromatic rings. The number of aromatic amines is 1. The average Bonchev–Trinajstić information content (AvgIpc) is 3.13. The standard InChI is InChI=1S/C19H15BrN4O/c20-15-8-6-14(7-9-15)17-11-18(24-23-17)19(25)22-16(12-21)10-13-4-2-1-3-5-13/h1-9,11,16H,10H2,(H,22,25)(H,23,24). The number of aromatic nitrogens is 2. The minimum atomic E-state index is -0.602. The van der Waals surface area contributed by atoms with Gasteiger partial charge in [0, 0.05) is 16.5 Å². The van der Waals surface area contributed by atoms with E-state index in [0.717, 1.165) is 15.6 Å². The minimum absolute atomic E-state index is 0.325. The normalized spacial score (nSPS) is 11.5. The number of hydrogen-bond donors (Lipinski definition) is 2. The third-order valence-electron chi connectivity index (χ3n) is 3.71. The Kier molecular flexibility index (Phi) is 5.26. The third-order valence-corrected chi connectivity index (χ3v) is 4.23. The maximum atomic E-state index is 12.4. The smallest absolute Gasteiger partial charge is 0.270 e. The maximum absolute atomic E-state index is 12.4. The van der Waals surface area contributed by atoms with Crippen LogP contribution in [0.15, 0.2) is 65.1 Å². The average molecular weight is 395 g/mol. The second kappa shape index (κ2) is 7.77. The molecule has 0 bridgehead atoms. The Morgan fingerprint density at radius 3 is 2.60 bits per heavy atom. The van der Waals surface area contributed by atoms with Gasteiger partial charge in [0.15, 0.2) is 0 Å². The number of carbonyl (C=O) groups is 1. The van der Waals surface area contributed by atoms with Crippen LogP contribution >= 0.6 is 15.9 Å². The zero-order valence-electron chi connectivity index (χ0n) is 13.2. The summed E-state index contributed by atoms with van der Waals surface area (Å²) in [5, 5.41) is 18.9. The van der Waals surface area contributed by atoms with Crippen LogP contribution in [-0.4, -0.2) is 22.1 Å². The number of benzene rings is 2. The molecule has 1 atom stereocenters. The lowest BCUT2D eigenvalue weighted by Crippen LogP contribution is -2.35. The van der Waals surface area contributed by atoms with Gasteiger partial charge in [-0.3, -0.25) is 9.89 Å². The molecule has 1 amide bonds. The van der Waals surface area contributed by atoms with Gasteiger partial charge in [-0.05, 0) is 23.8 Å². The molecule has 1 aromatic heterocycles. The van der Waals surface area contributed by atoms with Crippen LogP contribution in [0.3, 0.4) is 0 Å². The highest BCUT2D eigenvalue weighted by atomic mass is 79.9. The highest BCUT2D eigenvalue weighted by Gasteiger charge is 2.16. The topological polar surface area (TPSA) is 81.6 Å². The fourth-order valence-corrected chi connectivity index (χ4v) is 2.69. The summed E-state index contributed by atoms with van der Waals surface area (Å²) in [5.74, 6) is -0.349. The number of halogens is 1. The van der Waals surface area contributed by atoms with Crippen molar-refractivity contribution in [2.24, 2.45) is 0 Å². The molecule has 0 spiro atoms. The summed E-state index contributed by atoms with van der Waals surface area (Å²) in [4.78, 5) is 12.4. The Bertz CT molecular complexity index is 897. The monoisotopic (exact) mass is 394 g/mol. The molecule has 3 rings (SSSR count). The van der Waals surface area contributed by atoms with E-state index >= 15 is 0 Å². The molecule has 0 radical (unpaired) electrons. The first-order valence-corrected chi connectivity index (χ1v) is 8.51. The van der Waals surface area contributed by atoms with E-state index < -0.39 is 6.04 Å². The number of nitrogens with one attached hydrogen (secondary N) is 2. The predicted octanol–water partition coefficient (Wildman–Crippen LogP) is 3.70. The zero-order chi connectivity index (χ0) is 17.6. The molecule has 0 aliphatic heterocycles. The molecule has 2 N–H and O–H groups in total. The van der Waals surface area contributed by atoms with Gasteiger partial charge in [0.1, 0.15) is 11.7 Å². The van der Waals surface area contributed by atoms with Gasteiger partial charge in [0.25, 0.3) is 5.91 Å². The van der Waals surface area contributed by atoms with Crippen LogP contribution in [0.1, 0.15) is 16.1 Å². The van der Waals surface area contributed by atoms with Gasteiger partial charge in [-0.25, -0.2) is 0 Å². The van der Waals surface area contributed by atoms with Crippen molar-refractivity contribution in [3.05, 3.63) is 76.4 Å². The van der Waals surface area contributed by atoms with Gasteiger partial charge >= 0.3 is 0 Å². The molecule has 1 heterocycles. The fraction of sp³-hybridized carbons (Fsp3) is 0.105. The second-order valence-corrected chi connectivity index (χ2v) is 6.43. The Morgan fingerprint density at radius 2 is 1.92 bits per heavy atom. The summed E-state index contributed by atoms with van der Waals surface area (Å²) in [6, 6.07) is 20.4. The van der Waals surface area contributed by atoms with Crippen LogP contribution in [0.25, 0.3) is 11.3 Å². The van der Waals surface area contributed by atoms with E-state index in [-0.39, 0.29) is 5.91 Å². The van der Waals surface area contributed by atoms with E-state index in [1.54, 1.807) is 6.07 Å². The van der Waals surface area contributed by atoms with Crippen LogP contribution < -0.4 is 5.32 Å². The maximum Gasteiger partial charge on any atom is 0.270 e. The quantitative estimate of drug-likeness (QED) is 0.691. The number of amides is 1. The van der Waals surface area contributed by atoms with Crippen molar-refractivity contribution >= 4 is 21.8 Å². The summed E-state index contributed by atoms with van der Waals surface area (Å²) >= 11 is 3.39. The van der Waals surface area contributed by atoms with E-state index in [0.29, 0.717) is 17.8 Å². The predicted molar refractivity (Wildman–Crippen MR) is 98.7 cm³/mol. The van der Waals surface area contributed by atoms with E-state index in [9.17, 15) is 10.1 Å². The molecule has 0 aliphatic rings. The van der Waals surface area contributed by atoms with Crippen LogP contribution in [0.4, 0.5) is 0 Å². The minimum Gasteiger partial charge on any atom is -0.335 e. The van der Waals surface area contributed by atoms with Crippen LogP contribution in [0.5, 0.6) is 0 Å². The van der Waals surface area contributed by atoms with Gasteiger partial charge in [-0.1, -0.05) is 58.4 Å². The van der Waals surface area contributed by atoms with Crippen molar-refractivity contribution in [1.29, 1.82) is 5.26 Å². The highest BCUT2D eigenvalue weighted by molar-refractivity contribution is 9.10. The lowest BCUT2D eigenvalue weighted by Gasteiger charge is -2.10. The Hall–Kier alpha value is -2.91. The van der Waals surface area contributed by atoms with Crippen molar-refractivity contribution in [2.75, 3.05) is 0 Å². The van der Waals surface area contributed by atoms with E-state index in [4.69, 9.17) is 0 Å². The lowest BCUT2D eigenvalue weighted by atomic mass is 10.1. The van der Waals surface area contributed by atoms with Crippen molar-refractivity contribution in [3.63, 3.8) is 0 Å². The van der Waals surface area contributed by atoms with Crippen molar-refractivity contribution in [3.8, 4) is 17.3 Å². The lowest BCUT2D eigenvalue weighted by molar-refractivity contribution is 0.0940. The highest BCUT2D eigenvalue weighted by Crippen LogP contribution is 2.20. The molecule has 0 saturated heterocycles. The number of hydrogen-bond acceptors (Lipinski definition) is 3. The number of nitrogens with zero attached hydrogens (tertiary/aromatic N) is 2. The third kappa shape index (κ3) is 4.34. The first-order chi connectivity index (χ1) is 12.2. The largest absolute Gasteiger partial charge is 0.335 e. The molecule has 5 nitrogen and oxygen atoms in total. The summed E-state index contributed by atoms with van der Waals surface area (Å²) < 4.78 is 0.975. The molecule has 1 unspecified atom stereocenters. The molecule has 25 heavy (non-hydrogen) atoms. The molecule has 2 aromatic carbocycles. The summed E-state index contributed by atoms with van der Waals surface area (Å²) in [5.41, 5.74) is 2.90. The van der Waals surface area contributed by atoms with E-state index in [2.05, 4.69) is 37.5 Å². The summed E-state index contributed by atoms with van der Waals surface area (Å²) in [6.45, 7) is 0. The van der Waals surface area contributed by atoms with Gasteiger partial charge in [0.2, 0.25) is 0 Å². The molecule has 0 fully saturated rings. The van der Waals surface area contributed by atoms with Gasteiger partial charge < -0.3 is 5.32 Å². The molecular weight excluding hydrogens is 380 g/mol. The molecule has 0 aliphatic carbocycles. The van der Waals surface area contributed by atoms with Crippen LogP contribution in [-0.2, 0) is 6.42 Å². The van der Waals surface area contributed by atoms with Gasteiger partial charge in [-0.15, -0.1) is 0 Å². The molecule has 6 heteroatoms. The summed E-state index contributed by atoms with van der Waals surface area (Å²) in [6.07, 6.45) is 0.455. The van der Waals surface area contributed by atoms with Crippen molar-refractivity contribution < 1.29 is 4.79 Å². The summed E-state index contributed by atoms with van der Waals surface area (Å²) in [7, 11) is 0.